The lowest BCUT2D eigenvalue weighted by atomic mass is 10.2. The van der Waals surface area contributed by atoms with Gasteiger partial charge in [0, 0.05) is 50.2 Å². The Morgan fingerprint density at radius 1 is 1.00 bits per heavy atom. The lowest BCUT2D eigenvalue weighted by Gasteiger charge is -2.36. The van der Waals surface area contributed by atoms with Gasteiger partial charge in [-0.15, -0.1) is 0 Å². The fourth-order valence-corrected chi connectivity index (χ4v) is 4.20. The Labute approximate surface area is 132 Å². The van der Waals surface area contributed by atoms with Gasteiger partial charge in [0.05, 0.1) is 21.4 Å². The second kappa shape index (κ2) is 5.68. The number of nitrogens with zero attached hydrogens (tertiary/aromatic N) is 4. The first-order valence-electron chi connectivity index (χ1n) is 7.60. The molecule has 0 spiro atoms. The molecule has 0 aliphatic carbocycles. The average Bonchev–Trinajstić information content (AvgIpc) is 2.96. The van der Waals surface area contributed by atoms with E-state index in [2.05, 4.69) is 44.0 Å². The highest BCUT2D eigenvalue weighted by molar-refractivity contribution is 7.85. The van der Waals surface area contributed by atoms with Crippen LogP contribution in [0, 0.1) is 0 Å². The lowest BCUT2D eigenvalue weighted by molar-refractivity contribution is 0.637. The quantitative estimate of drug-likeness (QED) is 0.840. The van der Waals surface area contributed by atoms with E-state index in [9.17, 15) is 4.21 Å². The standard InChI is InChI=1S/C16H18N4OS/c21-22-11-6-14-15(22)12-17-16(18-14)20-9-7-19(8-10-20)13-4-2-1-3-5-13/h1-5,12H,6-11H2. The molecule has 114 valence electrons. The molecule has 0 saturated carbocycles. The molecule has 2 aromatic rings. The van der Waals surface area contributed by atoms with Gasteiger partial charge in [-0.1, -0.05) is 18.2 Å². The number of benzene rings is 1. The van der Waals surface area contributed by atoms with Crippen LogP contribution in [-0.2, 0) is 17.2 Å². The first-order chi connectivity index (χ1) is 10.8. The molecule has 0 bridgehead atoms. The molecule has 4 rings (SSSR count). The van der Waals surface area contributed by atoms with Gasteiger partial charge in [-0.2, -0.15) is 0 Å². The van der Waals surface area contributed by atoms with Crippen LogP contribution in [-0.4, -0.2) is 46.1 Å². The van der Waals surface area contributed by atoms with E-state index in [4.69, 9.17) is 0 Å². The van der Waals surface area contributed by atoms with Crippen LogP contribution in [0.3, 0.4) is 0 Å². The highest BCUT2D eigenvalue weighted by Crippen LogP contribution is 2.23. The van der Waals surface area contributed by atoms with Crippen LogP contribution in [0.2, 0.25) is 0 Å². The van der Waals surface area contributed by atoms with E-state index >= 15 is 0 Å². The Hall–Kier alpha value is -1.95. The van der Waals surface area contributed by atoms with Crippen LogP contribution in [0.5, 0.6) is 0 Å². The summed E-state index contributed by atoms with van der Waals surface area (Å²) in [6.45, 7) is 3.76. The van der Waals surface area contributed by atoms with Gasteiger partial charge in [0.1, 0.15) is 0 Å². The third-order valence-electron chi connectivity index (χ3n) is 4.27. The Morgan fingerprint density at radius 3 is 2.50 bits per heavy atom. The van der Waals surface area contributed by atoms with E-state index in [1.54, 1.807) is 6.20 Å². The SMILES string of the molecule is O=S1CCc2nc(N3CCN(c4ccccc4)CC3)ncc21. The molecule has 1 atom stereocenters. The van der Waals surface area contributed by atoms with Gasteiger partial charge >= 0.3 is 0 Å². The summed E-state index contributed by atoms with van der Waals surface area (Å²) in [5.41, 5.74) is 2.24. The first-order valence-corrected chi connectivity index (χ1v) is 8.92. The van der Waals surface area contributed by atoms with Gasteiger partial charge in [0.2, 0.25) is 5.95 Å². The molecule has 6 heteroatoms. The van der Waals surface area contributed by atoms with Gasteiger partial charge in [-0.05, 0) is 12.1 Å². The fraction of sp³-hybridized carbons (Fsp3) is 0.375. The van der Waals surface area contributed by atoms with Crippen LogP contribution in [0.25, 0.3) is 0 Å². The molecule has 0 N–H and O–H groups in total. The minimum atomic E-state index is -0.893. The van der Waals surface area contributed by atoms with E-state index in [-0.39, 0.29) is 0 Å². The number of hydrogen-bond acceptors (Lipinski definition) is 5. The molecule has 3 heterocycles. The molecular formula is C16H18N4OS. The van der Waals surface area contributed by atoms with Gasteiger partial charge in [0.15, 0.2) is 0 Å². The van der Waals surface area contributed by atoms with Crippen LogP contribution in [0.15, 0.2) is 41.4 Å². The summed E-state index contributed by atoms with van der Waals surface area (Å²) < 4.78 is 11.8. The highest BCUT2D eigenvalue weighted by Gasteiger charge is 2.24. The highest BCUT2D eigenvalue weighted by atomic mass is 32.2. The summed E-state index contributed by atoms with van der Waals surface area (Å²) in [5, 5.41) is 0. The molecule has 2 aliphatic rings. The Bertz CT molecular complexity index is 699. The minimum absolute atomic E-state index is 0.690. The Balaban J connectivity index is 1.47. The van der Waals surface area contributed by atoms with E-state index in [0.717, 1.165) is 49.1 Å². The molecule has 5 nitrogen and oxygen atoms in total. The predicted octanol–water partition coefficient (Wildman–Crippen LogP) is 1.47. The first kappa shape index (κ1) is 13.7. The van der Waals surface area contributed by atoms with Crippen molar-refractivity contribution in [3.8, 4) is 0 Å². The van der Waals surface area contributed by atoms with Gasteiger partial charge in [-0.25, -0.2) is 9.97 Å². The Morgan fingerprint density at radius 2 is 1.73 bits per heavy atom. The predicted molar refractivity (Wildman–Crippen MR) is 87.9 cm³/mol. The number of para-hydroxylation sites is 1. The zero-order chi connectivity index (χ0) is 14.9. The van der Waals surface area contributed by atoms with Crippen molar-refractivity contribution < 1.29 is 4.21 Å². The summed E-state index contributed by atoms with van der Waals surface area (Å²) in [4.78, 5) is 14.5. The molecule has 2 aliphatic heterocycles. The van der Waals surface area contributed by atoms with Crippen LogP contribution < -0.4 is 9.80 Å². The summed E-state index contributed by atoms with van der Waals surface area (Å²) in [7, 11) is -0.893. The number of fused-ring (bicyclic) bond motifs is 1. The van der Waals surface area contributed by atoms with Gasteiger partial charge < -0.3 is 9.80 Å². The lowest BCUT2D eigenvalue weighted by Crippen LogP contribution is -2.47. The topological polar surface area (TPSA) is 49.3 Å². The summed E-state index contributed by atoms with van der Waals surface area (Å²) in [5.74, 6) is 1.47. The second-order valence-corrected chi connectivity index (χ2v) is 7.13. The summed E-state index contributed by atoms with van der Waals surface area (Å²) in [6, 6.07) is 10.5. The van der Waals surface area contributed by atoms with Crippen LogP contribution >= 0.6 is 0 Å². The number of piperazine rings is 1. The number of aryl methyl sites for hydroxylation is 1. The molecule has 1 saturated heterocycles. The van der Waals surface area contributed by atoms with Crippen LogP contribution in [0.4, 0.5) is 11.6 Å². The van der Waals surface area contributed by atoms with Crippen molar-refractivity contribution in [2.75, 3.05) is 41.7 Å². The fourth-order valence-electron chi connectivity index (χ4n) is 3.02. The van der Waals surface area contributed by atoms with E-state index < -0.39 is 10.8 Å². The minimum Gasteiger partial charge on any atom is -0.368 e. The van der Waals surface area contributed by atoms with Crippen molar-refractivity contribution in [2.45, 2.75) is 11.3 Å². The van der Waals surface area contributed by atoms with Crippen molar-refractivity contribution in [1.82, 2.24) is 9.97 Å². The molecule has 1 aromatic carbocycles. The molecule has 22 heavy (non-hydrogen) atoms. The maximum Gasteiger partial charge on any atom is 0.225 e. The number of anilines is 2. The normalized spacial score (nSPS) is 21.0. The van der Waals surface area contributed by atoms with Gasteiger partial charge in [0.25, 0.3) is 0 Å². The molecule has 0 radical (unpaired) electrons. The van der Waals surface area contributed by atoms with E-state index in [0.29, 0.717) is 5.75 Å². The zero-order valence-corrected chi connectivity index (χ0v) is 13.1. The van der Waals surface area contributed by atoms with E-state index in [1.807, 2.05) is 6.07 Å². The van der Waals surface area contributed by atoms with Crippen molar-refractivity contribution in [1.29, 1.82) is 0 Å². The van der Waals surface area contributed by atoms with Crippen LogP contribution in [0.1, 0.15) is 5.69 Å². The smallest absolute Gasteiger partial charge is 0.225 e. The maximum absolute atomic E-state index is 11.8. The molecular weight excluding hydrogens is 296 g/mol. The number of rotatable bonds is 2. The van der Waals surface area contributed by atoms with Crippen molar-refractivity contribution in [3.63, 3.8) is 0 Å². The summed E-state index contributed by atoms with van der Waals surface area (Å²) in [6.07, 6.45) is 2.56. The van der Waals surface area contributed by atoms with Crippen molar-refractivity contribution in [2.24, 2.45) is 0 Å². The zero-order valence-electron chi connectivity index (χ0n) is 12.3. The second-order valence-electron chi connectivity index (χ2n) is 5.59. The molecule has 1 aromatic heterocycles. The molecule has 0 amide bonds. The van der Waals surface area contributed by atoms with E-state index in [1.165, 1.54) is 5.69 Å². The average molecular weight is 314 g/mol. The van der Waals surface area contributed by atoms with Crippen molar-refractivity contribution >= 4 is 22.4 Å². The maximum atomic E-state index is 11.8. The van der Waals surface area contributed by atoms with Crippen molar-refractivity contribution in [3.05, 3.63) is 42.2 Å². The number of hydrogen-bond donors (Lipinski definition) is 0. The largest absolute Gasteiger partial charge is 0.368 e. The monoisotopic (exact) mass is 314 g/mol. The molecule has 1 unspecified atom stereocenters. The van der Waals surface area contributed by atoms with Gasteiger partial charge in [-0.3, -0.25) is 4.21 Å². The Kier molecular flexibility index (Phi) is 3.54. The number of aromatic nitrogens is 2. The molecule has 1 fully saturated rings. The third-order valence-corrected chi connectivity index (χ3v) is 5.68. The summed E-state index contributed by atoms with van der Waals surface area (Å²) >= 11 is 0. The third kappa shape index (κ3) is 2.47.